The van der Waals surface area contributed by atoms with Crippen LogP contribution >= 0.6 is 0 Å². The highest BCUT2D eigenvalue weighted by atomic mass is 16.6. The van der Waals surface area contributed by atoms with Crippen LogP contribution in [0, 0.1) is 21.4 Å². The van der Waals surface area contributed by atoms with E-state index in [-0.39, 0.29) is 39.3 Å². The van der Waals surface area contributed by atoms with E-state index in [9.17, 15) is 25.3 Å². The summed E-state index contributed by atoms with van der Waals surface area (Å²) in [5.74, 6) is -0.332. The van der Waals surface area contributed by atoms with Gasteiger partial charge in [-0.3, -0.25) is 14.9 Å². The van der Waals surface area contributed by atoms with Gasteiger partial charge in [-0.15, -0.1) is 0 Å². The monoisotopic (exact) mass is 451 g/mol. The molecule has 0 radical (unpaired) electrons. The van der Waals surface area contributed by atoms with Crippen LogP contribution in [0.4, 0.5) is 11.4 Å². The number of nitrogens with one attached hydrogen (secondary N) is 1. The molecule has 1 amide bonds. The summed E-state index contributed by atoms with van der Waals surface area (Å²) in [4.78, 5) is 23.6. The van der Waals surface area contributed by atoms with Crippen molar-refractivity contribution >= 4 is 23.4 Å². The fraction of sp³-hybridized carbons (Fsp3) is 0.360. The summed E-state index contributed by atoms with van der Waals surface area (Å²) in [6.45, 7) is 11.8. The quantitative estimate of drug-likeness (QED) is 0.269. The highest BCUT2D eigenvalue weighted by Gasteiger charge is 2.27. The van der Waals surface area contributed by atoms with E-state index >= 15 is 0 Å². The second-order valence-corrected chi connectivity index (χ2v) is 9.73. The number of phenols is 1. The number of carbonyl (C=O) groups excluding carboxylic acids is 1. The zero-order chi connectivity index (χ0) is 25.1. The van der Waals surface area contributed by atoms with Crippen molar-refractivity contribution in [3.05, 3.63) is 62.7 Å². The van der Waals surface area contributed by atoms with Crippen molar-refractivity contribution in [2.75, 3.05) is 12.4 Å². The number of ether oxygens (including phenoxy) is 1. The van der Waals surface area contributed by atoms with Crippen LogP contribution in [-0.4, -0.2) is 23.0 Å². The number of rotatable bonds is 5. The second-order valence-electron chi connectivity index (χ2n) is 9.73. The molecular weight excluding hydrogens is 422 g/mol. The van der Waals surface area contributed by atoms with Gasteiger partial charge in [0.2, 0.25) is 0 Å². The Labute approximate surface area is 193 Å². The van der Waals surface area contributed by atoms with Gasteiger partial charge in [0.15, 0.2) is 0 Å². The fourth-order valence-corrected chi connectivity index (χ4v) is 3.28. The number of nitro benzene ring substituents is 1. The van der Waals surface area contributed by atoms with Crippen molar-refractivity contribution < 1.29 is 19.6 Å². The smallest absolute Gasteiger partial charge is 0.296 e. The normalized spacial score (nSPS) is 12.1. The van der Waals surface area contributed by atoms with Gasteiger partial charge in [0, 0.05) is 11.1 Å². The number of anilines is 1. The maximum Gasteiger partial charge on any atom is 0.296 e. The average molecular weight is 452 g/mol. The number of benzene rings is 2. The Morgan fingerprint density at radius 3 is 2.09 bits per heavy atom. The molecule has 2 N–H and O–H groups in total. The van der Waals surface area contributed by atoms with E-state index in [1.807, 2.05) is 47.6 Å². The Morgan fingerprint density at radius 1 is 1.12 bits per heavy atom. The first-order valence-electron chi connectivity index (χ1n) is 10.3. The van der Waals surface area contributed by atoms with Crippen LogP contribution in [0.15, 0.2) is 35.9 Å². The first-order chi connectivity index (χ1) is 15.2. The van der Waals surface area contributed by atoms with E-state index in [0.717, 1.165) is 0 Å². The molecule has 174 valence electrons. The van der Waals surface area contributed by atoms with Crippen LogP contribution in [0.25, 0.3) is 6.08 Å². The zero-order valence-electron chi connectivity index (χ0n) is 19.9. The molecule has 0 spiro atoms. The Hall–Kier alpha value is -3.86. The zero-order valence-corrected chi connectivity index (χ0v) is 19.9. The molecule has 0 saturated heterocycles. The molecule has 0 bridgehead atoms. The molecule has 0 saturated carbocycles. The third-order valence-electron chi connectivity index (χ3n) is 5.07. The number of nitrogens with zero attached hydrogens (tertiary/aromatic N) is 2. The topological polar surface area (TPSA) is 125 Å². The van der Waals surface area contributed by atoms with Gasteiger partial charge in [-0.25, -0.2) is 0 Å². The predicted molar refractivity (Wildman–Crippen MR) is 127 cm³/mol. The van der Waals surface area contributed by atoms with E-state index < -0.39 is 10.8 Å². The predicted octanol–water partition coefficient (Wildman–Crippen LogP) is 5.45. The SMILES string of the molecule is COc1ccc(NC(=O)/C(C#N)=C/c2cc(C(C)(C)C)c(O)c(C(C)(C)C)c2)c([N+](=O)[O-])c1. The minimum Gasteiger partial charge on any atom is -0.507 e. The number of hydrogen-bond acceptors (Lipinski definition) is 6. The summed E-state index contributed by atoms with van der Waals surface area (Å²) >= 11 is 0. The highest BCUT2D eigenvalue weighted by Crippen LogP contribution is 2.40. The third kappa shape index (κ3) is 5.89. The lowest BCUT2D eigenvalue weighted by Gasteiger charge is -2.28. The van der Waals surface area contributed by atoms with Crippen LogP contribution in [-0.2, 0) is 15.6 Å². The largest absolute Gasteiger partial charge is 0.507 e. The third-order valence-corrected chi connectivity index (χ3v) is 5.07. The molecule has 8 heteroatoms. The average Bonchev–Trinajstić information content (AvgIpc) is 2.71. The van der Waals surface area contributed by atoms with Gasteiger partial charge in [0.1, 0.15) is 28.8 Å². The number of aromatic hydroxyl groups is 1. The lowest BCUT2D eigenvalue weighted by atomic mass is 9.78. The molecule has 0 aliphatic rings. The number of methoxy groups -OCH3 is 1. The molecule has 0 unspecified atom stereocenters. The first-order valence-corrected chi connectivity index (χ1v) is 10.3. The van der Waals surface area contributed by atoms with Crippen LogP contribution in [0.1, 0.15) is 58.2 Å². The number of carbonyl (C=O) groups is 1. The minimum absolute atomic E-state index is 0.0524. The highest BCUT2D eigenvalue weighted by molar-refractivity contribution is 6.10. The molecule has 2 aromatic carbocycles. The molecule has 2 aromatic rings. The maximum atomic E-state index is 12.8. The summed E-state index contributed by atoms with van der Waals surface area (Å²) in [5.41, 5.74) is 0.538. The van der Waals surface area contributed by atoms with E-state index in [4.69, 9.17) is 4.74 Å². The Balaban J connectivity index is 2.55. The van der Waals surface area contributed by atoms with Crippen molar-refractivity contribution in [1.29, 1.82) is 5.26 Å². The summed E-state index contributed by atoms with van der Waals surface area (Å²) < 4.78 is 5.00. The van der Waals surface area contributed by atoms with Crippen molar-refractivity contribution in [3.63, 3.8) is 0 Å². The van der Waals surface area contributed by atoms with Gasteiger partial charge < -0.3 is 15.2 Å². The summed E-state index contributed by atoms with van der Waals surface area (Å²) in [6.07, 6.45) is 1.41. The van der Waals surface area contributed by atoms with Gasteiger partial charge >= 0.3 is 0 Å². The first kappa shape index (κ1) is 25.4. The minimum atomic E-state index is -0.784. The summed E-state index contributed by atoms with van der Waals surface area (Å²) in [7, 11) is 1.38. The molecule has 2 rings (SSSR count). The maximum absolute atomic E-state index is 12.8. The molecule has 33 heavy (non-hydrogen) atoms. The Morgan fingerprint density at radius 2 is 1.67 bits per heavy atom. The number of nitro groups is 1. The summed E-state index contributed by atoms with van der Waals surface area (Å²) in [5, 5.41) is 34.3. The standard InChI is InChI=1S/C25H29N3O5/c1-24(2,3)18-11-15(12-19(22(18)29)25(4,5)6)10-16(14-26)23(30)27-20-9-8-17(33-7)13-21(20)28(31)32/h8-13,29H,1-7H3,(H,27,30)/b16-10+. The molecule has 0 aromatic heterocycles. The molecular formula is C25H29N3O5. The van der Waals surface area contributed by atoms with Crippen molar-refractivity contribution in [3.8, 4) is 17.6 Å². The number of phenolic OH excluding ortho intramolecular Hbond substituents is 1. The van der Waals surface area contributed by atoms with Gasteiger partial charge in [-0.05, 0) is 46.7 Å². The summed E-state index contributed by atoms with van der Waals surface area (Å²) in [6, 6.07) is 9.36. The second kappa shape index (κ2) is 9.33. The number of amides is 1. The molecule has 0 atom stereocenters. The van der Waals surface area contributed by atoms with Gasteiger partial charge in [0.05, 0.1) is 18.1 Å². The van der Waals surface area contributed by atoms with Gasteiger partial charge in [0.25, 0.3) is 11.6 Å². The van der Waals surface area contributed by atoms with Crippen LogP contribution in [0.2, 0.25) is 0 Å². The molecule has 0 aliphatic carbocycles. The van der Waals surface area contributed by atoms with Crippen molar-refractivity contribution in [1.82, 2.24) is 0 Å². The van der Waals surface area contributed by atoms with Crippen molar-refractivity contribution in [2.24, 2.45) is 0 Å². The lowest BCUT2D eigenvalue weighted by molar-refractivity contribution is -0.384. The van der Waals surface area contributed by atoms with Gasteiger partial charge in [-0.1, -0.05) is 41.5 Å². The van der Waals surface area contributed by atoms with Crippen LogP contribution < -0.4 is 10.1 Å². The number of nitriles is 1. The van der Waals surface area contributed by atoms with E-state index in [0.29, 0.717) is 16.7 Å². The van der Waals surface area contributed by atoms with E-state index in [1.165, 1.54) is 31.4 Å². The van der Waals surface area contributed by atoms with Crippen molar-refractivity contribution in [2.45, 2.75) is 52.4 Å². The molecule has 8 nitrogen and oxygen atoms in total. The Kier molecular flexibility index (Phi) is 7.18. The molecule has 0 aliphatic heterocycles. The van der Waals surface area contributed by atoms with Crippen LogP contribution in [0.5, 0.6) is 11.5 Å². The Bertz CT molecular complexity index is 1130. The molecule has 0 fully saturated rings. The lowest BCUT2D eigenvalue weighted by Crippen LogP contribution is -2.18. The molecule has 0 heterocycles. The van der Waals surface area contributed by atoms with Crippen LogP contribution in [0.3, 0.4) is 0 Å². The number of hydrogen-bond donors (Lipinski definition) is 2. The van der Waals surface area contributed by atoms with E-state index in [2.05, 4.69) is 5.32 Å². The fourth-order valence-electron chi connectivity index (χ4n) is 3.28. The van der Waals surface area contributed by atoms with Gasteiger partial charge in [-0.2, -0.15) is 5.26 Å². The van der Waals surface area contributed by atoms with E-state index in [1.54, 1.807) is 12.1 Å².